The van der Waals surface area contributed by atoms with Gasteiger partial charge in [-0.3, -0.25) is 9.59 Å². The fraction of sp³-hybridized carbons (Fsp3) is 0.250. The SMILES string of the molecule is CC(=O)Cn1cc(Cl)c(=O)c(Cl)c1. The van der Waals surface area contributed by atoms with E-state index >= 15 is 0 Å². The quantitative estimate of drug-likeness (QED) is 0.761. The van der Waals surface area contributed by atoms with Crippen molar-refractivity contribution in [2.24, 2.45) is 0 Å². The molecule has 0 fully saturated rings. The van der Waals surface area contributed by atoms with Crippen LogP contribution in [0.3, 0.4) is 0 Å². The van der Waals surface area contributed by atoms with E-state index in [2.05, 4.69) is 0 Å². The molecular formula is C8H7Cl2NO2. The van der Waals surface area contributed by atoms with E-state index in [1.165, 1.54) is 23.9 Å². The first-order valence-corrected chi connectivity index (χ1v) is 4.31. The fourth-order valence-electron chi connectivity index (χ4n) is 0.908. The third kappa shape index (κ3) is 2.57. The van der Waals surface area contributed by atoms with Crippen LogP contribution in [0.5, 0.6) is 0 Å². The molecule has 5 heteroatoms. The monoisotopic (exact) mass is 219 g/mol. The summed E-state index contributed by atoms with van der Waals surface area (Å²) in [5, 5.41) is 0.0440. The highest BCUT2D eigenvalue weighted by Crippen LogP contribution is 2.07. The molecule has 1 aromatic heterocycles. The van der Waals surface area contributed by atoms with E-state index < -0.39 is 5.43 Å². The summed E-state index contributed by atoms with van der Waals surface area (Å²) in [5.41, 5.74) is -0.414. The predicted molar refractivity (Wildman–Crippen MR) is 51.4 cm³/mol. The van der Waals surface area contributed by atoms with Crippen LogP contribution in [0.1, 0.15) is 6.92 Å². The number of pyridine rings is 1. The van der Waals surface area contributed by atoms with Gasteiger partial charge in [-0.1, -0.05) is 23.2 Å². The summed E-state index contributed by atoms with van der Waals surface area (Å²) in [6.07, 6.45) is 2.77. The number of nitrogens with zero attached hydrogens (tertiary/aromatic N) is 1. The van der Waals surface area contributed by atoms with Gasteiger partial charge < -0.3 is 4.57 Å². The molecule has 70 valence electrons. The first-order chi connectivity index (χ1) is 6.00. The van der Waals surface area contributed by atoms with Gasteiger partial charge >= 0.3 is 0 Å². The Labute approximate surface area is 84.9 Å². The molecule has 0 radical (unpaired) electrons. The molecule has 0 aliphatic heterocycles. The lowest BCUT2D eigenvalue weighted by molar-refractivity contribution is -0.117. The summed E-state index contributed by atoms with van der Waals surface area (Å²) in [5.74, 6) is -0.0317. The van der Waals surface area contributed by atoms with E-state index in [9.17, 15) is 9.59 Å². The minimum Gasteiger partial charge on any atom is -0.344 e. The van der Waals surface area contributed by atoms with Crippen molar-refractivity contribution in [1.82, 2.24) is 4.57 Å². The Morgan fingerprint density at radius 3 is 2.23 bits per heavy atom. The molecule has 0 atom stereocenters. The molecule has 0 aliphatic carbocycles. The maximum absolute atomic E-state index is 11.0. The van der Waals surface area contributed by atoms with Crippen molar-refractivity contribution < 1.29 is 4.79 Å². The van der Waals surface area contributed by atoms with Crippen LogP contribution >= 0.6 is 23.2 Å². The molecule has 0 aromatic carbocycles. The fourth-order valence-corrected chi connectivity index (χ4v) is 1.41. The van der Waals surface area contributed by atoms with Crippen LogP contribution in [0, 0.1) is 0 Å². The van der Waals surface area contributed by atoms with Crippen LogP contribution in [0.25, 0.3) is 0 Å². The van der Waals surface area contributed by atoms with E-state index in [0.29, 0.717) is 0 Å². The number of carbonyl (C=O) groups excluding carboxylic acids is 1. The lowest BCUT2D eigenvalue weighted by atomic mass is 10.4. The second-order valence-electron chi connectivity index (χ2n) is 2.66. The minimum atomic E-state index is -0.414. The van der Waals surface area contributed by atoms with Crippen LogP contribution in [-0.2, 0) is 11.3 Å². The number of aromatic nitrogens is 1. The largest absolute Gasteiger partial charge is 0.344 e. The summed E-state index contributed by atoms with van der Waals surface area (Å²) >= 11 is 11.1. The molecule has 1 aromatic rings. The van der Waals surface area contributed by atoms with Gasteiger partial charge in [-0.25, -0.2) is 0 Å². The Morgan fingerprint density at radius 2 is 1.85 bits per heavy atom. The smallest absolute Gasteiger partial charge is 0.218 e. The summed E-state index contributed by atoms with van der Waals surface area (Å²) < 4.78 is 1.48. The highest BCUT2D eigenvalue weighted by molar-refractivity contribution is 6.34. The molecule has 0 aliphatic rings. The number of rotatable bonds is 2. The Morgan fingerprint density at radius 1 is 1.38 bits per heavy atom. The van der Waals surface area contributed by atoms with E-state index in [1.807, 2.05) is 0 Å². The van der Waals surface area contributed by atoms with Crippen molar-refractivity contribution in [2.45, 2.75) is 13.5 Å². The van der Waals surface area contributed by atoms with Crippen molar-refractivity contribution in [1.29, 1.82) is 0 Å². The third-order valence-corrected chi connectivity index (χ3v) is 1.94. The summed E-state index contributed by atoms with van der Waals surface area (Å²) in [6, 6.07) is 0. The molecule has 0 N–H and O–H groups in total. The lowest BCUT2D eigenvalue weighted by Crippen LogP contribution is -2.11. The van der Waals surface area contributed by atoms with Gasteiger partial charge in [0.1, 0.15) is 15.8 Å². The van der Waals surface area contributed by atoms with E-state index in [1.54, 1.807) is 0 Å². The Bertz CT molecular complexity index is 371. The Balaban J connectivity index is 3.13. The van der Waals surface area contributed by atoms with Gasteiger partial charge in [0.2, 0.25) is 5.43 Å². The van der Waals surface area contributed by atoms with Crippen LogP contribution in [-0.4, -0.2) is 10.4 Å². The van der Waals surface area contributed by atoms with Crippen LogP contribution in [0.15, 0.2) is 17.2 Å². The van der Waals surface area contributed by atoms with Crippen molar-refractivity contribution in [3.8, 4) is 0 Å². The zero-order chi connectivity index (χ0) is 10.0. The zero-order valence-electron chi connectivity index (χ0n) is 6.88. The lowest BCUT2D eigenvalue weighted by Gasteiger charge is -2.03. The molecule has 0 unspecified atom stereocenters. The van der Waals surface area contributed by atoms with E-state index in [0.717, 1.165) is 0 Å². The molecule has 1 heterocycles. The van der Waals surface area contributed by atoms with Gasteiger partial charge in [-0.05, 0) is 6.92 Å². The number of Topliss-reactive ketones (excluding diaryl/α,β-unsaturated/α-hetero) is 1. The Hall–Kier alpha value is -0.800. The predicted octanol–water partition coefficient (Wildman–Crippen LogP) is 1.74. The molecule has 0 amide bonds. The third-order valence-electron chi connectivity index (χ3n) is 1.40. The van der Waals surface area contributed by atoms with Crippen molar-refractivity contribution in [2.75, 3.05) is 0 Å². The van der Waals surface area contributed by atoms with Gasteiger partial charge in [-0.15, -0.1) is 0 Å². The van der Waals surface area contributed by atoms with E-state index in [4.69, 9.17) is 23.2 Å². The van der Waals surface area contributed by atoms with Crippen LogP contribution < -0.4 is 5.43 Å². The van der Waals surface area contributed by atoms with Gasteiger partial charge in [0.15, 0.2) is 0 Å². The first kappa shape index (κ1) is 10.3. The zero-order valence-corrected chi connectivity index (χ0v) is 8.39. The molecule has 0 saturated heterocycles. The highest BCUT2D eigenvalue weighted by Gasteiger charge is 2.04. The number of hydrogen-bond acceptors (Lipinski definition) is 2. The topological polar surface area (TPSA) is 39.1 Å². The molecule has 13 heavy (non-hydrogen) atoms. The average molecular weight is 220 g/mol. The number of hydrogen-bond donors (Lipinski definition) is 0. The maximum atomic E-state index is 11.0. The normalized spacial score (nSPS) is 10.1. The molecule has 0 saturated carbocycles. The van der Waals surface area contributed by atoms with Gasteiger partial charge in [0.05, 0.1) is 6.54 Å². The summed E-state index contributed by atoms with van der Waals surface area (Å²) in [4.78, 5) is 21.8. The first-order valence-electron chi connectivity index (χ1n) is 3.55. The van der Waals surface area contributed by atoms with Crippen molar-refractivity contribution in [3.63, 3.8) is 0 Å². The van der Waals surface area contributed by atoms with Gasteiger partial charge in [0.25, 0.3) is 0 Å². The summed E-state index contributed by atoms with van der Waals surface area (Å²) in [6.45, 7) is 1.61. The van der Waals surface area contributed by atoms with Gasteiger partial charge in [-0.2, -0.15) is 0 Å². The number of halogens is 2. The molecular weight excluding hydrogens is 213 g/mol. The molecule has 3 nitrogen and oxygen atoms in total. The van der Waals surface area contributed by atoms with Crippen molar-refractivity contribution >= 4 is 29.0 Å². The molecule has 0 spiro atoms. The van der Waals surface area contributed by atoms with Crippen LogP contribution in [0.2, 0.25) is 10.0 Å². The van der Waals surface area contributed by atoms with E-state index in [-0.39, 0.29) is 22.4 Å². The molecule has 0 bridgehead atoms. The number of ketones is 1. The minimum absolute atomic E-state index is 0.0220. The average Bonchev–Trinajstić information content (AvgIpc) is 1.98. The highest BCUT2D eigenvalue weighted by atomic mass is 35.5. The maximum Gasteiger partial charge on any atom is 0.218 e. The van der Waals surface area contributed by atoms with Gasteiger partial charge in [0, 0.05) is 12.4 Å². The number of carbonyl (C=O) groups is 1. The summed E-state index contributed by atoms with van der Waals surface area (Å²) in [7, 11) is 0. The van der Waals surface area contributed by atoms with Crippen molar-refractivity contribution in [3.05, 3.63) is 32.7 Å². The standard InChI is InChI=1S/C8H7Cl2NO2/c1-5(12)2-11-3-6(9)8(13)7(10)4-11/h3-4H,2H2,1H3. The van der Waals surface area contributed by atoms with Crippen LogP contribution in [0.4, 0.5) is 0 Å². The second-order valence-corrected chi connectivity index (χ2v) is 3.47. The molecule has 1 rings (SSSR count). The Kier molecular flexibility index (Phi) is 3.12. The second kappa shape index (κ2) is 3.94.